The van der Waals surface area contributed by atoms with Crippen LogP contribution in [0.4, 0.5) is 0 Å². The van der Waals surface area contributed by atoms with Gasteiger partial charge in [-0.05, 0) is 80.3 Å². The third-order valence-corrected chi connectivity index (χ3v) is 6.39. The van der Waals surface area contributed by atoms with Gasteiger partial charge in [0.15, 0.2) is 0 Å². The summed E-state index contributed by atoms with van der Waals surface area (Å²) in [5.74, 6) is 1.01. The van der Waals surface area contributed by atoms with E-state index in [9.17, 15) is 4.79 Å². The van der Waals surface area contributed by atoms with E-state index in [1.54, 1.807) is 0 Å². The molecule has 0 radical (unpaired) electrons. The highest BCUT2D eigenvalue weighted by Gasteiger charge is 2.14. The Morgan fingerprint density at radius 1 is 1.00 bits per heavy atom. The molecular weight excluding hydrogens is 462 g/mol. The fraction of sp³-hybridized carbons (Fsp3) is 0.259. The van der Waals surface area contributed by atoms with Crippen molar-refractivity contribution in [3.05, 3.63) is 98.8 Å². The van der Waals surface area contributed by atoms with Crippen molar-refractivity contribution in [2.45, 2.75) is 40.2 Å². The maximum absolute atomic E-state index is 12.4. The quantitative estimate of drug-likeness (QED) is 0.317. The molecule has 0 unspecified atom stereocenters. The SMILES string of the molecule is Cc1cc(C)c(Cn2c(CCCNC(=O)c3ccc(Br)cc3)nc3ccccc32)c(C)c1. The second-order valence-electron chi connectivity index (χ2n) is 8.35. The minimum absolute atomic E-state index is 0.0445. The van der Waals surface area contributed by atoms with E-state index in [2.05, 4.69) is 76.9 Å². The average Bonchev–Trinajstić information content (AvgIpc) is 3.11. The molecule has 4 aromatic rings. The number of nitrogens with one attached hydrogen (secondary N) is 1. The number of imidazole rings is 1. The van der Waals surface area contributed by atoms with E-state index in [0.717, 1.165) is 40.7 Å². The number of carbonyl (C=O) groups is 1. The van der Waals surface area contributed by atoms with Gasteiger partial charge in [-0.1, -0.05) is 45.8 Å². The topological polar surface area (TPSA) is 46.9 Å². The summed E-state index contributed by atoms with van der Waals surface area (Å²) in [6.07, 6.45) is 1.64. The summed E-state index contributed by atoms with van der Waals surface area (Å²) in [6, 6.07) is 20.2. The summed E-state index contributed by atoms with van der Waals surface area (Å²) in [5, 5.41) is 3.02. The summed E-state index contributed by atoms with van der Waals surface area (Å²) in [6.45, 7) is 7.93. The Hall–Kier alpha value is -2.92. The molecule has 1 heterocycles. The lowest BCUT2D eigenvalue weighted by Crippen LogP contribution is -2.25. The molecular formula is C27H28BrN3O. The molecule has 5 heteroatoms. The Labute approximate surface area is 197 Å². The standard InChI is InChI=1S/C27H28BrN3O/c1-18-15-19(2)23(20(3)16-18)17-31-25-8-5-4-7-24(25)30-26(31)9-6-14-29-27(32)21-10-12-22(28)13-11-21/h4-5,7-8,10-13,15-16H,6,9,14,17H2,1-3H3,(H,29,32). The Morgan fingerprint density at radius 2 is 1.69 bits per heavy atom. The summed E-state index contributed by atoms with van der Waals surface area (Å²) in [7, 11) is 0. The number of nitrogens with zero attached hydrogens (tertiary/aromatic N) is 2. The third kappa shape index (κ3) is 4.94. The van der Waals surface area contributed by atoms with Crippen LogP contribution in [0.5, 0.6) is 0 Å². The molecule has 1 N–H and O–H groups in total. The predicted molar refractivity (Wildman–Crippen MR) is 134 cm³/mol. The zero-order chi connectivity index (χ0) is 22.7. The minimum atomic E-state index is -0.0445. The molecule has 0 atom stereocenters. The Balaban J connectivity index is 1.49. The molecule has 1 amide bonds. The molecule has 0 aliphatic rings. The number of aromatic nitrogens is 2. The van der Waals surface area contributed by atoms with Crippen LogP contribution in [0, 0.1) is 20.8 Å². The Bertz CT molecular complexity index is 1230. The van der Waals surface area contributed by atoms with Crippen molar-refractivity contribution < 1.29 is 4.79 Å². The summed E-state index contributed by atoms with van der Waals surface area (Å²) >= 11 is 3.40. The number of benzene rings is 3. The first-order chi connectivity index (χ1) is 15.4. The number of aryl methyl sites for hydroxylation is 4. The van der Waals surface area contributed by atoms with Gasteiger partial charge in [0.1, 0.15) is 5.82 Å². The van der Waals surface area contributed by atoms with E-state index in [-0.39, 0.29) is 5.91 Å². The van der Waals surface area contributed by atoms with Crippen molar-refractivity contribution in [2.24, 2.45) is 0 Å². The molecule has 0 spiro atoms. The van der Waals surface area contributed by atoms with Gasteiger partial charge in [-0.15, -0.1) is 0 Å². The number of rotatable bonds is 7. The van der Waals surface area contributed by atoms with Crippen LogP contribution in [0.3, 0.4) is 0 Å². The van der Waals surface area contributed by atoms with Crippen molar-refractivity contribution in [1.82, 2.24) is 14.9 Å². The number of fused-ring (bicyclic) bond motifs is 1. The second kappa shape index (κ2) is 9.70. The van der Waals surface area contributed by atoms with Crippen LogP contribution in [0.1, 0.15) is 44.9 Å². The molecule has 164 valence electrons. The molecule has 4 nitrogen and oxygen atoms in total. The molecule has 0 aliphatic heterocycles. The highest BCUT2D eigenvalue weighted by Crippen LogP contribution is 2.23. The summed E-state index contributed by atoms with van der Waals surface area (Å²) < 4.78 is 3.29. The number of hydrogen-bond acceptors (Lipinski definition) is 2. The maximum atomic E-state index is 12.4. The maximum Gasteiger partial charge on any atom is 0.251 e. The molecule has 32 heavy (non-hydrogen) atoms. The van der Waals surface area contributed by atoms with E-state index >= 15 is 0 Å². The van der Waals surface area contributed by atoms with Crippen molar-refractivity contribution in [3.63, 3.8) is 0 Å². The fourth-order valence-electron chi connectivity index (χ4n) is 4.26. The van der Waals surface area contributed by atoms with Crippen molar-refractivity contribution >= 4 is 32.9 Å². The van der Waals surface area contributed by atoms with Crippen LogP contribution in [-0.4, -0.2) is 22.0 Å². The van der Waals surface area contributed by atoms with Crippen molar-refractivity contribution in [3.8, 4) is 0 Å². The highest BCUT2D eigenvalue weighted by molar-refractivity contribution is 9.10. The van der Waals surface area contributed by atoms with Crippen LogP contribution >= 0.6 is 15.9 Å². The molecule has 0 aliphatic carbocycles. The van der Waals surface area contributed by atoms with Crippen LogP contribution < -0.4 is 5.32 Å². The molecule has 0 saturated carbocycles. The largest absolute Gasteiger partial charge is 0.352 e. The first kappa shape index (κ1) is 22.3. The number of para-hydroxylation sites is 2. The predicted octanol–water partition coefficient (Wildman–Crippen LogP) is 6.13. The molecule has 3 aromatic carbocycles. The van der Waals surface area contributed by atoms with Gasteiger partial charge in [0.2, 0.25) is 0 Å². The van der Waals surface area contributed by atoms with Gasteiger partial charge in [0.25, 0.3) is 5.91 Å². The normalized spacial score (nSPS) is 11.1. The van der Waals surface area contributed by atoms with E-state index in [4.69, 9.17) is 4.98 Å². The Kier molecular flexibility index (Phi) is 6.75. The van der Waals surface area contributed by atoms with Crippen LogP contribution in [-0.2, 0) is 13.0 Å². The molecule has 4 rings (SSSR count). The molecule has 0 fully saturated rings. The first-order valence-electron chi connectivity index (χ1n) is 11.0. The van der Waals surface area contributed by atoms with Crippen molar-refractivity contribution in [2.75, 3.05) is 6.54 Å². The van der Waals surface area contributed by atoms with Gasteiger partial charge in [0.05, 0.1) is 11.0 Å². The molecule has 0 bridgehead atoms. The summed E-state index contributed by atoms with van der Waals surface area (Å²) in [4.78, 5) is 17.3. The zero-order valence-electron chi connectivity index (χ0n) is 18.8. The van der Waals surface area contributed by atoms with Crippen molar-refractivity contribution in [1.29, 1.82) is 0 Å². The number of hydrogen-bond donors (Lipinski definition) is 1. The van der Waals surface area contributed by atoms with Gasteiger partial charge >= 0.3 is 0 Å². The van der Waals surface area contributed by atoms with Gasteiger partial charge in [-0.3, -0.25) is 4.79 Å². The minimum Gasteiger partial charge on any atom is -0.352 e. The molecule has 1 aromatic heterocycles. The zero-order valence-corrected chi connectivity index (χ0v) is 20.4. The highest BCUT2D eigenvalue weighted by atomic mass is 79.9. The fourth-order valence-corrected chi connectivity index (χ4v) is 4.53. The Morgan fingerprint density at radius 3 is 2.41 bits per heavy atom. The monoisotopic (exact) mass is 489 g/mol. The number of amides is 1. The number of carbonyl (C=O) groups excluding carboxylic acids is 1. The van der Waals surface area contributed by atoms with E-state index in [0.29, 0.717) is 12.1 Å². The summed E-state index contributed by atoms with van der Waals surface area (Å²) in [5.41, 5.74) is 8.11. The molecule has 0 saturated heterocycles. The lowest BCUT2D eigenvalue weighted by Gasteiger charge is -2.15. The van der Waals surface area contributed by atoms with Crippen LogP contribution in [0.15, 0.2) is 65.1 Å². The van der Waals surface area contributed by atoms with Crippen LogP contribution in [0.25, 0.3) is 11.0 Å². The average molecular weight is 490 g/mol. The lowest BCUT2D eigenvalue weighted by molar-refractivity contribution is 0.0953. The van der Waals surface area contributed by atoms with Gasteiger partial charge in [-0.25, -0.2) is 4.98 Å². The van der Waals surface area contributed by atoms with Crippen LogP contribution in [0.2, 0.25) is 0 Å². The van der Waals surface area contributed by atoms with E-state index < -0.39 is 0 Å². The second-order valence-corrected chi connectivity index (χ2v) is 9.26. The third-order valence-electron chi connectivity index (χ3n) is 5.86. The number of halogens is 1. The van der Waals surface area contributed by atoms with Gasteiger partial charge in [0, 0.05) is 29.5 Å². The van der Waals surface area contributed by atoms with E-state index in [1.807, 2.05) is 30.3 Å². The lowest BCUT2D eigenvalue weighted by atomic mass is 9.99. The van der Waals surface area contributed by atoms with E-state index in [1.165, 1.54) is 22.3 Å². The van der Waals surface area contributed by atoms with Gasteiger partial charge < -0.3 is 9.88 Å². The van der Waals surface area contributed by atoms with Gasteiger partial charge in [-0.2, -0.15) is 0 Å². The first-order valence-corrected chi connectivity index (χ1v) is 11.8. The smallest absolute Gasteiger partial charge is 0.251 e.